The summed E-state index contributed by atoms with van der Waals surface area (Å²) in [6, 6.07) is 13.9. The summed E-state index contributed by atoms with van der Waals surface area (Å²) in [6.45, 7) is 1.98. The number of hydrogen-bond donors (Lipinski definition) is 1. The summed E-state index contributed by atoms with van der Waals surface area (Å²) in [5.74, 6) is 0.478. The Kier molecular flexibility index (Phi) is 3.61. The number of allylic oxidation sites excluding steroid dienone is 1. The SMILES string of the molecule is Cc1ccc2nc(/C(C#N)=C\c3ccc([N+](=O)[O-])cc3)[nH]c2c1. The normalized spacial score (nSPS) is 11.4. The molecule has 112 valence electrons. The lowest BCUT2D eigenvalue weighted by atomic mass is 10.1. The number of benzene rings is 2. The Morgan fingerprint density at radius 2 is 2.04 bits per heavy atom. The lowest BCUT2D eigenvalue weighted by molar-refractivity contribution is -0.384. The van der Waals surface area contributed by atoms with Crippen molar-refractivity contribution >= 4 is 28.4 Å². The summed E-state index contributed by atoms with van der Waals surface area (Å²) in [6.07, 6.45) is 1.65. The number of rotatable bonds is 3. The maximum atomic E-state index is 10.7. The molecule has 0 fully saturated rings. The van der Waals surface area contributed by atoms with E-state index in [0.29, 0.717) is 17.0 Å². The van der Waals surface area contributed by atoms with Crippen LogP contribution in [0.1, 0.15) is 17.0 Å². The number of nitro benzene ring substituents is 1. The number of non-ortho nitro benzene ring substituents is 1. The van der Waals surface area contributed by atoms with Crippen molar-refractivity contribution in [3.8, 4) is 6.07 Å². The van der Waals surface area contributed by atoms with E-state index in [1.807, 2.05) is 25.1 Å². The molecule has 2 aromatic carbocycles. The van der Waals surface area contributed by atoms with Gasteiger partial charge in [0.15, 0.2) is 0 Å². The minimum atomic E-state index is -0.458. The molecule has 1 aromatic heterocycles. The van der Waals surface area contributed by atoms with Crippen molar-refractivity contribution in [2.45, 2.75) is 6.92 Å². The van der Waals surface area contributed by atoms with Crippen LogP contribution in [0.3, 0.4) is 0 Å². The molecule has 6 heteroatoms. The molecule has 0 unspecified atom stereocenters. The van der Waals surface area contributed by atoms with E-state index in [2.05, 4.69) is 16.0 Å². The van der Waals surface area contributed by atoms with E-state index in [4.69, 9.17) is 0 Å². The summed E-state index contributed by atoms with van der Waals surface area (Å²) in [7, 11) is 0. The second-order valence-corrected chi connectivity index (χ2v) is 5.12. The first-order valence-corrected chi connectivity index (χ1v) is 6.90. The van der Waals surface area contributed by atoms with Crippen LogP contribution >= 0.6 is 0 Å². The number of H-pyrrole nitrogens is 1. The fourth-order valence-electron chi connectivity index (χ4n) is 2.26. The van der Waals surface area contributed by atoms with Gasteiger partial charge in [0.1, 0.15) is 11.9 Å². The molecule has 0 radical (unpaired) electrons. The van der Waals surface area contributed by atoms with Gasteiger partial charge in [-0.3, -0.25) is 10.1 Å². The van der Waals surface area contributed by atoms with Crippen LogP contribution in [0.4, 0.5) is 5.69 Å². The predicted molar refractivity (Wildman–Crippen MR) is 87.4 cm³/mol. The third-order valence-corrected chi connectivity index (χ3v) is 3.43. The molecule has 23 heavy (non-hydrogen) atoms. The molecule has 0 aliphatic heterocycles. The number of nitrogens with zero attached hydrogens (tertiary/aromatic N) is 3. The van der Waals surface area contributed by atoms with Gasteiger partial charge in [-0.2, -0.15) is 5.26 Å². The minimum Gasteiger partial charge on any atom is -0.337 e. The molecule has 3 aromatic rings. The molecule has 6 nitrogen and oxygen atoms in total. The van der Waals surface area contributed by atoms with Gasteiger partial charge in [0.05, 0.1) is 21.5 Å². The second kappa shape index (κ2) is 5.73. The van der Waals surface area contributed by atoms with Crippen molar-refractivity contribution in [1.82, 2.24) is 9.97 Å². The standard InChI is InChI=1S/C17H12N4O2/c1-11-2-7-15-16(8-11)20-17(19-15)13(10-18)9-12-3-5-14(6-4-12)21(22)23/h2-9H,1H3,(H,19,20)/b13-9-. The van der Waals surface area contributed by atoms with Crippen molar-refractivity contribution in [3.63, 3.8) is 0 Å². The summed E-state index contributed by atoms with van der Waals surface area (Å²) in [5, 5.41) is 20.0. The fraction of sp³-hybridized carbons (Fsp3) is 0.0588. The summed E-state index contributed by atoms with van der Waals surface area (Å²) in [5.41, 5.74) is 3.84. The zero-order valence-corrected chi connectivity index (χ0v) is 12.3. The maximum absolute atomic E-state index is 10.7. The van der Waals surface area contributed by atoms with Gasteiger partial charge >= 0.3 is 0 Å². The molecule has 0 aliphatic rings. The number of aryl methyl sites for hydroxylation is 1. The van der Waals surface area contributed by atoms with Crippen molar-refractivity contribution in [3.05, 3.63) is 69.5 Å². The van der Waals surface area contributed by atoms with E-state index in [-0.39, 0.29) is 5.69 Å². The van der Waals surface area contributed by atoms with Crippen molar-refractivity contribution in [2.75, 3.05) is 0 Å². The molecule has 0 saturated carbocycles. The third kappa shape index (κ3) is 2.94. The summed E-state index contributed by atoms with van der Waals surface area (Å²) < 4.78 is 0. The number of nitriles is 1. The first-order chi connectivity index (χ1) is 11.1. The van der Waals surface area contributed by atoms with Gasteiger partial charge in [-0.25, -0.2) is 4.98 Å². The van der Waals surface area contributed by atoms with Gasteiger partial charge < -0.3 is 4.98 Å². The molecule has 0 spiro atoms. The van der Waals surface area contributed by atoms with Gasteiger partial charge in [-0.15, -0.1) is 0 Å². The van der Waals surface area contributed by atoms with E-state index in [9.17, 15) is 15.4 Å². The molecule has 0 bridgehead atoms. The highest BCUT2D eigenvalue weighted by Gasteiger charge is 2.09. The molecular weight excluding hydrogens is 292 g/mol. The Morgan fingerprint density at radius 1 is 1.30 bits per heavy atom. The van der Waals surface area contributed by atoms with Crippen LogP contribution in [0, 0.1) is 28.4 Å². The van der Waals surface area contributed by atoms with Crippen LogP contribution in [0.25, 0.3) is 22.7 Å². The Bertz CT molecular complexity index is 962. The Hall–Kier alpha value is -3.46. The third-order valence-electron chi connectivity index (χ3n) is 3.43. The van der Waals surface area contributed by atoms with Gasteiger partial charge in [0.2, 0.25) is 0 Å². The van der Waals surface area contributed by atoms with Crippen LogP contribution < -0.4 is 0 Å². The molecular formula is C17H12N4O2. The van der Waals surface area contributed by atoms with Crippen molar-refractivity contribution < 1.29 is 4.92 Å². The monoisotopic (exact) mass is 304 g/mol. The molecule has 0 atom stereocenters. The van der Waals surface area contributed by atoms with Gasteiger partial charge in [0.25, 0.3) is 5.69 Å². The van der Waals surface area contributed by atoms with Crippen molar-refractivity contribution in [2.24, 2.45) is 0 Å². The number of nitro groups is 1. The Balaban J connectivity index is 2.00. The number of imidazole rings is 1. The number of aromatic amines is 1. The summed E-state index contributed by atoms with van der Waals surface area (Å²) >= 11 is 0. The highest BCUT2D eigenvalue weighted by atomic mass is 16.6. The zero-order valence-electron chi connectivity index (χ0n) is 12.3. The van der Waals surface area contributed by atoms with Crippen LogP contribution in [-0.4, -0.2) is 14.9 Å². The first-order valence-electron chi connectivity index (χ1n) is 6.90. The van der Waals surface area contributed by atoms with Gasteiger partial charge in [-0.05, 0) is 48.4 Å². The average Bonchev–Trinajstić information content (AvgIpc) is 2.95. The lowest BCUT2D eigenvalue weighted by Gasteiger charge is -1.96. The van der Waals surface area contributed by atoms with E-state index < -0.39 is 4.92 Å². The molecule has 0 amide bonds. The number of aromatic nitrogens is 2. The topological polar surface area (TPSA) is 95.6 Å². The zero-order chi connectivity index (χ0) is 16.4. The largest absolute Gasteiger partial charge is 0.337 e. The van der Waals surface area contributed by atoms with Crippen LogP contribution in [0.2, 0.25) is 0 Å². The quantitative estimate of drug-likeness (QED) is 0.451. The minimum absolute atomic E-state index is 0.0138. The van der Waals surface area contributed by atoms with Gasteiger partial charge in [-0.1, -0.05) is 6.07 Å². The smallest absolute Gasteiger partial charge is 0.269 e. The van der Waals surface area contributed by atoms with Crippen LogP contribution in [0.15, 0.2) is 42.5 Å². The second-order valence-electron chi connectivity index (χ2n) is 5.12. The highest BCUT2D eigenvalue weighted by Crippen LogP contribution is 2.21. The highest BCUT2D eigenvalue weighted by molar-refractivity contribution is 5.90. The van der Waals surface area contributed by atoms with Crippen molar-refractivity contribution in [1.29, 1.82) is 5.26 Å². The molecule has 1 N–H and O–H groups in total. The predicted octanol–water partition coefficient (Wildman–Crippen LogP) is 3.84. The first kappa shape index (κ1) is 14.5. The van der Waals surface area contributed by atoms with E-state index in [0.717, 1.165) is 16.6 Å². The average molecular weight is 304 g/mol. The maximum Gasteiger partial charge on any atom is 0.269 e. The molecule has 0 aliphatic carbocycles. The number of hydrogen-bond acceptors (Lipinski definition) is 4. The van der Waals surface area contributed by atoms with Crippen LogP contribution in [-0.2, 0) is 0 Å². The van der Waals surface area contributed by atoms with E-state index in [1.165, 1.54) is 12.1 Å². The Labute approximate surface area is 131 Å². The molecule has 1 heterocycles. The van der Waals surface area contributed by atoms with E-state index in [1.54, 1.807) is 18.2 Å². The van der Waals surface area contributed by atoms with E-state index >= 15 is 0 Å². The number of fused-ring (bicyclic) bond motifs is 1. The lowest BCUT2D eigenvalue weighted by Crippen LogP contribution is -1.88. The molecule has 3 rings (SSSR count). The van der Waals surface area contributed by atoms with Gasteiger partial charge in [0, 0.05) is 12.1 Å². The molecule has 0 saturated heterocycles. The fourth-order valence-corrected chi connectivity index (χ4v) is 2.26. The van der Waals surface area contributed by atoms with Crippen LogP contribution in [0.5, 0.6) is 0 Å². The number of nitrogens with one attached hydrogen (secondary N) is 1. The Morgan fingerprint density at radius 3 is 2.70 bits per heavy atom. The summed E-state index contributed by atoms with van der Waals surface area (Å²) in [4.78, 5) is 17.7.